The zero-order chi connectivity index (χ0) is 9.97. The van der Waals surface area contributed by atoms with Gasteiger partial charge in [-0.3, -0.25) is 0 Å². The third-order valence-electron chi connectivity index (χ3n) is 2.33. The molecule has 76 valence electrons. The summed E-state index contributed by atoms with van der Waals surface area (Å²) in [5, 5.41) is 8.12. The third-order valence-corrected chi connectivity index (χ3v) is 2.76. The number of nitrogens with one attached hydrogen (secondary N) is 2. The van der Waals surface area contributed by atoms with Crippen molar-refractivity contribution >= 4 is 23.2 Å². The first kappa shape index (κ1) is 10.2. The van der Waals surface area contributed by atoms with Gasteiger partial charge < -0.3 is 10.6 Å². The van der Waals surface area contributed by atoms with Gasteiger partial charge >= 0.3 is 0 Å². The highest BCUT2D eigenvalue weighted by Crippen LogP contribution is 2.23. The Morgan fingerprint density at radius 2 is 1.79 bits per heavy atom. The van der Waals surface area contributed by atoms with E-state index in [4.69, 9.17) is 23.2 Å². The van der Waals surface area contributed by atoms with Gasteiger partial charge in [0.1, 0.15) is 0 Å². The van der Waals surface area contributed by atoms with Crippen molar-refractivity contribution in [3.63, 3.8) is 0 Å². The van der Waals surface area contributed by atoms with E-state index in [1.54, 1.807) is 6.07 Å². The molecule has 0 saturated carbocycles. The Balaban J connectivity index is 2.21. The monoisotopic (exact) mass is 230 g/mol. The lowest BCUT2D eigenvalue weighted by Crippen LogP contribution is -2.42. The molecule has 0 aliphatic carbocycles. The minimum atomic E-state index is 0.319. The van der Waals surface area contributed by atoms with Crippen LogP contribution in [-0.2, 0) is 0 Å². The van der Waals surface area contributed by atoms with Crippen molar-refractivity contribution in [2.24, 2.45) is 0 Å². The maximum Gasteiger partial charge on any atom is 0.0448 e. The first-order valence-electron chi connectivity index (χ1n) is 4.66. The van der Waals surface area contributed by atoms with Crippen LogP contribution in [-0.4, -0.2) is 19.6 Å². The van der Waals surface area contributed by atoms with E-state index in [0.29, 0.717) is 16.1 Å². The van der Waals surface area contributed by atoms with Crippen LogP contribution in [0.2, 0.25) is 10.0 Å². The second-order valence-electron chi connectivity index (χ2n) is 3.41. The van der Waals surface area contributed by atoms with Gasteiger partial charge in [-0.25, -0.2) is 0 Å². The molecule has 1 fully saturated rings. The quantitative estimate of drug-likeness (QED) is 0.774. The Kier molecular flexibility index (Phi) is 3.29. The fourth-order valence-electron chi connectivity index (χ4n) is 1.67. The lowest BCUT2D eigenvalue weighted by Gasteiger charge is -2.25. The summed E-state index contributed by atoms with van der Waals surface area (Å²) in [5.41, 5.74) is 1.15. The topological polar surface area (TPSA) is 24.1 Å². The third kappa shape index (κ3) is 2.39. The Morgan fingerprint density at radius 1 is 1.07 bits per heavy atom. The molecule has 1 saturated heterocycles. The molecule has 1 atom stereocenters. The number of rotatable bonds is 1. The van der Waals surface area contributed by atoms with Crippen molar-refractivity contribution in [1.29, 1.82) is 0 Å². The van der Waals surface area contributed by atoms with Gasteiger partial charge in [-0.15, -0.1) is 0 Å². The molecule has 0 spiro atoms. The van der Waals surface area contributed by atoms with Gasteiger partial charge in [0.05, 0.1) is 0 Å². The molecule has 1 aromatic carbocycles. The molecule has 1 aromatic rings. The zero-order valence-corrected chi connectivity index (χ0v) is 9.20. The highest BCUT2D eigenvalue weighted by molar-refractivity contribution is 6.34. The van der Waals surface area contributed by atoms with Crippen molar-refractivity contribution in [1.82, 2.24) is 10.6 Å². The van der Waals surface area contributed by atoms with Gasteiger partial charge in [-0.1, -0.05) is 23.2 Å². The molecule has 0 radical (unpaired) electrons. The van der Waals surface area contributed by atoms with Crippen LogP contribution in [0.15, 0.2) is 18.2 Å². The molecule has 1 heterocycles. The van der Waals surface area contributed by atoms with E-state index in [2.05, 4.69) is 10.6 Å². The Hall–Kier alpha value is -0.280. The van der Waals surface area contributed by atoms with Crippen LogP contribution < -0.4 is 10.6 Å². The highest BCUT2D eigenvalue weighted by Gasteiger charge is 2.14. The molecule has 1 aliphatic rings. The fourth-order valence-corrected chi connectivity index (χ4v) is 2.21. The maximum absolute atomic E-state index is 5.94. The van der Waals surface area contributed by atoms with Crippen LogP contribution in [0.4, 0.5) is 0 Å². The van der Waals surface area contributed by atoms with Crippen molar-refractivity contribution in [2.45, 2.75) is 6.04 Å². The molecule has 1 aliphatic heterocycles. The van der Waals surface area contributed by atoms with Crippen molar-refractivity contribution in [3.05, 3.63) is 33.8 Å². The second-order valence-corrected chi connectivity index (χ2v) is 4.29. The van der Waals surface area contributed by atoms with Gasteiger partial charge in [0.25, 0.3) is 0 Å². The van der Waals surface area contributed by atoms with E-state index in [1.807, 2.05) is 12.1 Å². The van der Waals surface area contributed by atoms with Crippen LogP contribution in [0, 0.1) is 0 Å². The van der Waals surface area contributed by atoms with Gasteiger partial charge in [-0.2, -0.15) is 0 Å². The van der Waals surface area contributed by atoms with Crippen LogP contribution in [0.25, 0.3) is 0 Å². The maximum atomic E-state index is 5.94. The van der Waals surface area contributed by atoms with E-state index in [9.17, 15) is 0 Å². The van der Waals surface area contributed by atoms with E-state index in [1.165, 1.54) is 0 Å². The summed E-state index contributed by atoms with van der Waals surface area (Å²) >= 11 is 11.9. The first-order valence-corrected chi connectivity index (χ1v) is 5.41. The number of halogens is 2. The smallest absolute Gasteiger partial charge is 0.0448 e. The average Bonchev–Trinajstić information content (AvgIpc) is 2.18. The molecule has 4 heteroatoms. The van der Waals surface area contributed by atoms with Crippen LogP contribution in [0.3, 0.4) is 0 Å². The molecule has 1 unspecified atom stereocenters. The lowest BCUT2D eigenvalue weighted by atomic mass is 10.1. The summed E-state index contributed by atoms with van der Waals surface area (Å²) in [6.07, 6.45) is 0. The Labute approximate surface area is 93.6 Å². The normalized spacial score (nSPS) is 22.3. The molecule has 0 bridgehead atoms. The van der Waals surface area contributed by atoms with Crippen molar-refractivity contribution < 1.29 is 0 Å². The number of hydrogen-bond acceptors (Lipinski definition) is 2. The number of hydrogen-bond donors (Lipinski definition) is 2. The Morgan fingerprint density at radius 3 is 2.36 bits per heavy atom. The largest absolute Gasteiger partial charge is 0.314 e. The van der Waals surface area contributed by atoms with E-state index in [0.717, 1.165) is 25.2 Å². The van der Waals surface area contributed by atoms with Gasteiger partial charge in [0.15, 0.2) is 0 Å². The summed E-state index contributed by atoms with van der Waals surface area (Å²) in [7, 11) is 0. The van der Waals surface area contributed by atoms with Crippen molar-refractivity contribution in [2.75, 3.05) is 19.6 Å². The zero-order valence-electron chi connectivity index (χ0n) is 7.69. The van der Waals surface area contributed by atoms with E-state index >= 15 is 0 Å². The van der Waals surface area contributed by atoms with Crippen LogP contribution in [0.5, 0.6) is 0 Å². The summed E-state index contributed by atoms with van der Waals surface area (Å²) in [5.74, 6) is 0. The molecule has 2 N–H and O–H groups in total. The molecular formula is C10H12Cl2N2. The standard InChI is InChI=1S/C10H12Cl2N2/c11-8-3-7(4-9(12)5-8)10-6-13-1-2-14-10/h3-5,10,13-14H,1-2,6H2. The average molecular weight is 231 g/mol. The first-order chi connectivity index (χ1) is 6.75. The summed E-state index contributed by atoms with van der Waals surface area (Å²) in [6, 6.07) is 5.99. The number of piperazine rings is 1. The molecule has 2 nitrogen and oxygen atoms in total. The lowest BCUT2D eigenvalue weighted by molar-refractivity contribution is 0.430. The van der Waals surface area contributed by atoms with E-state index < -0.39 is 0 Å². The highest BCUT2D eigenvalue weighted by atomic mass is 35.5. The van der Waals surface area contributed by atoms with Gasteiger partial charge in [0, 0.05) is 35.7 Å². The van der Waals surface area contributed by atoms with Crippen LogP contribution in [0.1, 0.15) is 11.6 Å². The summed E-state index contributed by atoms with van der Waals surface area (Å²) in [6.45, 7) is 2.93. The second kappa shape index (κ2) is 4.49. The number of benzene rings is 1. The van der Waals surface area contributed by atoms with Gasteiger partial charge in [-0.05, 0) is 23.8 Å². The predicted octanol–water partition coefficient (Wildman–Crippen LogP) is 2.23. The van der Waals surface area contributed by atoms with E-state index in [-0.39, 0.29) is 0 Å². The summed E-state index contributed by atoms with van der Waals surface area (Å²) < 4.78 is 0. The SMILES string of the molecule is Clc1cc(Cl)cc(C2CNCCN2)c1. The molecule has 0 amide bonds. The van der Waals surface area contributed by atoms with Gasteiger partial charge in [0.2, 0.25) is 0 Å². The minimum absolute atomic E-state index is 0.319. The minimum Gasteiger partial charge on any atom is -0.314 e. The molecular weight excluding hydrogens is 219 g/mol. The Bertz CT molecular complexity index is 302. The predicted molar refractivity (Wildman–Crippen MR) is 60.1 cm³/mol. The van der Waals surface area contributed by atoms with Crippen molar-refractivity contribution in [3.8, 4) is 0 Å². The molecule has 2 rings (SSSR count). The molecule has 0 aromatic heterocycles. The fraction of sp³-hybridized carbons (Fsp3) is 0.400. The molecule has 14 heavy (non-hydrogen) atoms. The van der Waals surface area contributed by atoms with Crippen LogP contribution >= 0.6 is 23.2 Å². The summed E-state index contributed by atoms with van der Waals surface area (Å²) in [4.78, 5) is 0.